The highest BCUT2D eigenvalue weighted by Gasteiger charge is 2.23. The van der Waals surface area contributed by atoms with Crippen LogP contribution in [0.3, 0.4) is 0 Å². The number of hydrogen-bond donors (Lipinski definition) is 1. The molecule has 0 saturated heterocycles. The van der Waals surface area contributed by atoms with Gasteiger partial charge in [0.1, 0.15) is 0 Å². The predicted octanol–water partition coefficient (Wildman–Crippen LogP) is 2.82. The molecule has 88 valence electrons. The van der Waals surface area contributed by atoms with E-state index in [1.54, 1.807) is 0 Å². The zero-order valence-corrected chi connectivity index (χ0v) is 9.42. The zero-order chi connectivity index (χ0) is 11.7. The van der Waals surface area contributed by atoms with Gasteiger partial charge in [-0.1, -0.05) is 13.8 Å². The van der Waals surface area contributed by atoms with Crippen LogP contribution < -0.4 is 9.47 Å². The van der Waals surface area contributed by atoms with Gasteiger partial charge < -0.3 is 14.6 Å². The Labute approximate surface area is 93.8 Å². The normalized spacial score (nSPS) is 15.0. The molecular weight excluding hydrogens is 211 g/mol. The third kappa shape index (κ3) is 1.79. The van der Waals surface area contributed by atoms with E-state index in [1.165, 1.54) is 6.07 Å². The summed E-state index contributed by atoms with van der Waals surface area (Å²) in [5.74, 6) is -0.324. The topological polar surface area (TPSA) is 38.7 Å². The summed E-state index contributed by atoms with van der Waals surface area (Å²) in [7, 11) is 0. The Hall–Kier alpha value is -1.45. The van der Waals surface area contributed by atoms with Crippen LogP contribution in [0.4, 0.5) is 4.39 Å². The minimum absolute atomic E-state index is 0.0111. The molecule has 2 rings (SSSR count). The third-order valence-electron chi connectivity index (χ3n) is 2.59. The van der Waals surface area contributed by atoms with E-state index >= 15 is 0 Å². The van der Waals surface area contributed by atoms with Gasteiger partial charge in [0.15, 0.2) is 11.6 Å². The largest absolute Gasteiger partial charge is 0.504 e. The number of hydrogen-bond acceptors (Lipinski definition) is 3. The summed E-state index contributed by atoms with van der Waals surface area (Å²) < 4.78 is 24.6. The summed E-state index contributed by atoms with van der Waals surface area (Å²) in [5.41, 5.74) is 0.446. The first-order valence-corrected chi connectivity index (χ1v) is 5.42. The highest BCUT2D eigenvalue weighted by Crippen LogP contribution is 2.43. The first-order valence-electron chi connectivity index (χ1n) is 5.42. The molecule has 0 bridgehead atoms. The molecule has 0 fully saturated rings. The van der Waals surface area contributed by atoms with Crippen LogP contribution in [-0.2, 0) is 0 Å². The average Bonchev–Trinajstić information content (AvgIpc) is 2.48. The number of rotatable bonds is 1. The monoisotopic (exact) mass is 226 g/mol. The molecule has 1 heterocycles. The molecule has 1 aromatic carbocycles. The molecule has 0 aliphatic carbocycles. The van der Waals surface area contributed by atoms with E-state index in [4.69, 9.17) is 9.47 Å². The molecular formula is C12H15FO3. The fourth-order valence-corrected chi connectivity index (χ4v) is 1.72. The van der Waals surface area contributed by atoms with Gasteiger partial charge in [-0.05, 0) is 17.5 Å². The Morgan fingerprint density at radius 3 is 2.50 bits per heavy atom. The number of halogens is 1. The van der Waals surface area contributed by atoms with Crippen molar-refractivity contribution >= 4 is 0 Å². The summed E-state index contributed by atoms with van der Waals surface area (Å²) in [4.78, 5) is 0. The van der Waals surface area contributed by atoms with E-state index in [1.807, 2.05) is 13.8 Å². The van der Waals surface area contributed by atoms with Gasteiger partial charge in [-0.25, -0.2) is 4.39 Å². The van der Waals surface area contributed by atoms with Gasteiger partial charge in [0.25, 0.3) is 0 Å². The number of aromatic hydroxyl groups is 1. The van der Waals surface area contributed by atoms with Crippen LogP contribution in [0.15, 0.2) is 6.07 Å². The molecule has 4 heteroatoms. The molecule has 0 spiro atoms. The smallest absolute Gasteiger partial charge is 0.206 e. The molecule has 0 saturated carbocycles. The summed E-state index contributed by atoms with van der Waals surface area (Å²) in [5, 5.41) is 9.76. The van der Waals surface area contributed by atoms with E-state index in [-0.39, 0.29) is 23.2 Å². The average molecular weight is 226 g/mol. The molecule has 1 aromatic rings. The second-order valence-electron chi connectivity index (χ2n) is 4.16. The first kappa shape index (κ1) is 11.0. The van der Waals surface area contributed by atoms with Crippen molar-refractivity contribution < 1.29 is 19.0 Å². The molecule has 0 unspecified atom stereocenters. The van der Waals surface area contributed by atoms with Crippen molar-refractivity contribution in [2.24, 2.45) is 0 Å². The number of benzene rings is 1. The quantitative estimate of drug-likeness (QED) is 0.800. The van der Waals surface area contributed by atoms with Crippen molar-refractivity contribution in [3.05, 3.63) is 17.4 Å². The molecule has 0 radical (unpaired) electrons. The molecule has 0 atom stereocenters. The summed E-state index contributed by atoms with van der Waals surface area (Å²) in [6.45, 7) is 4.57. The minimum Gasteiger partial charge on any atom is -0.504 e. The number of phenolic OH excluding ortho intramolecular Hbond substituents is 1. The van der Waals surface area contributed by atoms with Crippen LogP contribution in [0.5, 0.6) is 17.2 Å². The molecule has 1 N–H and O–H groups in total. The molecule has 16 heavy (non-hydrogen) atoms. The number of ether oxygens (including phenoxy) is 2. The van der Waals surface area contributed by atoms with Crippen molar-refractivity contribution in [2.75, 3.05) is 13.2 Å². The van der Waals surface area contributed by atoms with Crippen molar-refractivity contribution in [3.63, 3.8) is 0 Å². The van der Waals surface area contributed by atoms with Crippen LogP contribution in [-0.4, -0.2) is 18.3 Å². The van der Waals surface area contributed by atoms with Crippen molar-refractivity contribution in [1.82, 2.24) is 0 Å². The maximum atomic E-state index is 14.0. The number of fused-ring (bicyclic) bond motifs is 1. The van der Waals surface area contributed by atoms with Gasteiger partial charge in [0.2, 0.25) is 11.5 Å². The summed E-state index contributed by atoms with van der Waals surface area (Å²) in [6.07, 6.45) is 0.685. The molecule has 3 nitrogen and oxygen atoms in total. The fraction of sp³-hybridized carbons (Fsp3) is 0.500. The molecule has 1 aliphatic heterocycles. The second-order valence-corrected chi connectivity index (χ2v) is 4.16. The van der Waals surface area contributed by atoms with Gasteiger partial charge in [0.05, 0.1) is 13.2 Å². The van der Waals surface area contributed by atoms with E-state index < -0.39 is 5.82 Å². The Morgan fingerprint density at radius 2 is 1.88 bits per heavy atom. The fourth-order valence-electron chi connectivity index (χ4n) is 1.72. The van der Waals surface area contributed by atoms with Crippen LogP contribution >= 0.6 is 0 Å². The van der Waals surface area contributed by atoms with Crippen LogP contribution in [0.2, 0.25) is 0 Å². The molecule has 1 aliphatic rings. The SMILES string of the molecule is CC(C)c1cc(O)c2c(c1F)OCCCO2. The molecule has 0 aromatic heterocycles. The maximum Gasteiger partial charge on any atom is 0.206 e. The Morgan fingerprint density at radius 1 is 1.25 bits per heavy atom. The van der Waals surface area contributed by atoms with Gasteiger partial charge in [0, 0.05) is 6.42 Å². The van der Waals surface area contributed by atoms with E-state index in [2.05, 4.69) is 0 Å². The number of phenols is 1. The Bertz CT molecular complexity index is 402. The van der Waals surface area contributed by atoms with Gasteiger partial charge in [-0.2, -0.15) is 0 Å². The lowest BCUT2D eigenvalue weighted by atomic mass is 10.0. The predicted molar refractivity (Wildman–Crippen MR) is 57.8 cm³/mol. The van der Waals surface area contributed by atoms with Gasteiger partial charge in [-0.3, -0.25) is 0 Å². The Kier molecular flexibility index (Phi) is 2.90. The van der Waals surface area contributed by atoms with Crippen molar-refractivity contribution in [1.29, 1.82) is 0 Å². The minimum atomic E-state index is -0.426. The van der Waals surface area contributed by atoms with Crippen molar-refractivity contribution in [3.8, 4) is 17.2 Å². The molecule has 0 amide bonds. The standard InChI is InChI=1S/C12H15FO3/c1-7(2)8-6-9(14)11-12(10(8)13)16-5-3-4-15-11/h6-7,14H,3-5H2,1-2H3. The second kappa shape index (κ2) is 4.20. The van der Waals surface area contributed by atoms with E-state index in [9.17, 15) is 9.50 Å². The van der Waals surface area contributed by atoms with Gasteiger partial charge >= 0.3 is 0 Å². The van der Waals surface area contributed by atoms with Crippen LogP contribution in [0, 0.1) is 5.82 Å². The first-order chi connectivity index (χ1) is 7.61. The van der Waals surface area contributed by atoms with Gasteiger partial charge in [-0.15, -0.1) is 0 Å². The lowest BCUT2D eigenvalue weighted by Crippen LogP contribution is -2.00. The summed E-state index contributed by atoms with van der Waals surface area (Å²) >= 11 is 0. The van der Waals surface area contributed by atoms with Crippen molar-refractivity contribution in [2.45, 2.75) is 26.2 Å². The van der Waals surface area contributed by atoms with E-state index in [0.29, 0.717) is 25.2 Å². The van der Waals surface area contributed by atoms with Crippen LogP contribution in [0.25, 0.3) is 0 Å². The highest BCUT2D eigenvalue weighted by atomic mass is 19.1. The van der Waals surface area contributed by atoms with Crippen LogP contribution in [0.1, 0.15) is 31.7 Å². The zero-order valence-electron chi connectivity index (χ0n) is 9.42. The Balaban J connectivity index is 2.56. The lowest BCUT2D eigenvalue weighted by molar-refractivity contribution is 0.289. The lowest BCUT2D eigenvalue weighted by Gasteiger charge is -2.15. The third-order valence-corrected chi connectivity index (χ3v) is 2.59. The maximum absolute atomic E-state index is 14.0. The van der Waals surface area contributed by atoms with E-state index in [0.717, 1.165) is 0 Å². The summed E-state index contributed by atoms with van der Waals surface area (Å²) in [6, 6.07) is 1.41. The highest BCUT2D eigenvalue weighted by molar-refractivity contribution is 5.55.